The minimum absolute atomic E-state index is 0.0203. The Kier molecular flexibility index (Phi) is 6.78. The molecule has 25 heavy (non-hydrogen) atoms. The monoisotopic (exact) mass is 357 g/mol. The molecule has 1 amide bonds. The average molecular weight is 357 g/mol. The third-order valence-electron chi connectivity index (χ3n) is 3.64. The first-order valence-electron chi connectivity index (χ1n) is 7.91. The van der Waals surface area contributed by atoms with Crippen molar-refractivity contribution in [1.82, 2.24) is 9.88 Å². The Bertz CT molecular complexity index is 725. The van der Waals surface area contributed by atoms with E-state index in [-0.39, 0.29) is 23.3 Å². The summed E-state index contributed by atoms with van der Waals surface area (Å²) < 4.78 is 4.95. The zero-order valence-electron chi connectivity index (χ0n) is 14.0. The van der Waals surface area contributed by atoms with Crippen molar-refractivity contribution in [2.45, 2.75) is 25.0 Å². The average Bonchev–Trinajstić information content (AvgIpc) is 2.95. The molecule has 1 saturated heterocycles. The van der Waals surface area contributed by atoms with E-state index < -0.39 is 5.97 Å². The number of nitrogens with zero attached hydrogens (tertiary/aromatic N) is 3. The van der Waals surface area contributed by atoms with Gasteiger partial charge in [0.1, 0.15) is 17.7 Å². The summed E-state index contributed by atoms with van der Waals surface area (Å²) in [6.45, 7) is 5.70. The Morgan fingerprint density at radius 2 is 2.40 bits per heavy atom. The Morgan fingerprint density at radius 1 is 1.60 bits per heavy atom. The molecule has 0 saturated carbocycles. The number of hydrogen-bond donors (Lipinski definition) is 0. The number of esters is 1. The van der Waals surface area contributed by atoms with Crippen molar-refractivity contribution in [2.75, 3.05) is 13.2 Å². The fraction of sp³-hybridized carbons (Fsp3) is 0.333. The molecule has 1 fully saturated rings. The van der Waals surface area contributed by atoms with Crippen LogP contribution in [0.3, 0.4) is 0 Å². The normalized spacial score (nSPS) is 18.6. The molecule has 0 aromatic carbocycles. The van der Waals surface area contributed by atoms with Gasteiger partial charge in [0.05, 0.1) is 5.25 Å². The first-order valence-corrected chi connectivity index (χ1v) is 8.79. The van der Waals surface area contributed by atoms with Gasteiger partial charge in [-0.2, -0.15) is 5.26 Å². The molecule has 130 valence electrons. The van der Waals surface area contributed by atoms with Crippen molar-refractivity contribution in [3.05, 3.63) is 53.3 Å². The van der Waals surface area contributed by atoms with Crippen LogP contribution < -0.4 is 0 Å². The van der Waals surface area contributed by atoms with Gasteiger partial charge >= 0.3 is 5.97 Å². The summed E-state index contributed by atoms with van der Waals surface area (Å²) in [7, 11) is 0. The van der Waals surface area contributed by atoms with E-state index in [2.05, 4.69) is 11.6 Å². The van der Waals surface area contributed by atoms with Crippen molar-refractivity contribution < 1.29 is 14.3 Å². The van der Waals surface area contributed by atoms with Crippen molar-refractivity contribution in [1.29, 1.82) is 5.26 Å². The van der Waals surface area contributed by atoms with Crippen molar-refractivity contribution in [3.63, 3.8) is 0 Å². The molecule has 1 aliphatic rings. The quantitative estimate of drug-likeness (QED) is 0.323. The van der Waals surface area contributed by atoms with E-state index in [9.17, 15) is 14.9 Å². The maximum absolute atomic E-state index is 12.6. The van der Waals surface area contributed by atoms with Crippen LogP contribution in [0.2, 0.25) is 0 Å². The molecule has 1 atom stereocenters. The van der Waals surface area contributed by atoms with Crippen LogP contribution in [0.5, 0.6) is 0 Å². The van der Waals surface area contributed by atoms with E-state index in [1.54, 1.807) is 12.4 Å². The summed E-state index contributed by atoms with van der Waals surface area (Å²) in [4.78, 5) is 30.2. The van der Waals surface area contributed by atoms with Crippen molar-refractivity contribution >= 4 is 23.6 Å². The zero-order chi connectivity index (χ0) is 18.2. The van der Waals surface area contributed by atoms with Crippen LogP contribution in [-0.4, -0.2) is 40.2 Å². The number of aryl methyl sites for hydroxylation is 1. The smallest absolute Gasteiger partial charge is 0.351 e. The van der Waals surface area contributed by atoms with Gasteiger partial charge in [0.2, 0.25) is 5.91 Å². The van der Waals surface area contributed by atoms with Crippen LogP contribution in [0.1, 0.15) is 18.9 Å². The molecule has 7 heteroatoms. The highest BCUT2D eigenvalue weighted by Crippen LogP contribution is 2.39. The van der Waals surface area contributed by atoms with Crippen LogP contribution >= 0.6 is 11.8 Å². The SMILES string of the molecule is C=CCOC(=O)C(C#N)=C1SC(CCc2cccnc2)C(=O)N1CC. The van der Waals surface area contributed by atoms with Gasteiger partial charge in [0, 0.05) is 18.9 Å². The molecule has 1 aromatic heterocycles. The number of aromatic nitrogens is 1. The molecule has 1 aromatic rings. The molecule has 2 heterocycles. The molecule has 0 radical (unpaired) electrons. The molecule has 0 spiro atoms. The van der Waals surface area contributed by atoms with Gasteiger partial charge in [0.25, 0.3) is 0 Å². The standard InChI is InChI=1S/C18H19N3O3S/c1-3-10-24-18(23)14(11-19)17-21(4-2)16(22)15(25-17)8-7-13-6-5-9-20-12-13/h3,5-6,9,12,15H,1,4,7-8,10H2,2H3. The van der Waals surface area contributed by atoms with Crippen LogP contribution in [0, 0.1) is 11.3 Å². The second-order valence-electron chi connectivity index (χ2n) is 5.27. The van der Waals surface area contributed by atoms with E-state index in [1.165, 1.54) is 22.7 Å². The van der Waals surface area contributed by atoms with E-state index in [0.29, 0.717) is 24.4 Å². The maximum atomic E-state index is 12.6. The van der Waals surface area contributed by atoms with Crippen molar-refractivity contribution in [3.8, 4) is 6.07 Å². The second-order valence-corrected chi connectivity index (χ2v) is 6.46. The number of rotatable bonds is 7. The summed E-state index contributed by atoms with van der Waals surface area (Å²) >= 11 is 1.25. The van der Waals surface area contributed by atoms with E-state index in [1.807, 2.05) is 25.1 Å². The zero-order valence-corrected chi connectivity index (χ0v) is 14.8. The molecule has 6 nitrogen and oxygen atoms in total. The van der Waals surface area contributed by atoms with Gasteiger partial charge < -0.3 is 9.64 Å². The molecule has 0 N–H and O–H groups in total. The number of thioether (sulfide) groups is 1. The van der Waals surface area contributed by atoms with Crippen LogP contribution in [0.15, 0.2) is 47.8 Å². The van der Waals surface area contributed by atoms with Gasteiger partial charge in [0.15, 0.2) is 5.57 Å². The van der Waals surface area contributed by atoms with Gasteiger partial charge in [-0.25, -0.2) is 4.79 Å². The second kappa shape index (κ2) is 9.04. The highest BCUT2D eigenvalue weighted by molar-refractivity contribution is 8.04. The minimum Gasteiger partial charge on any atom is -0.457 e. The van der Waals surface area contributed by atoms with Crippen molar-refractivity contribution in [2.24, 2.45) is 0 Å². The summed E-state index contributed by atoms with van der Waals surface area (Å²) in [6.07, 6.45) is 6.21. The lowest BCUT2D eigenvalue weighted by atomic mass is 10.1. The molecule has 0 bridgehead atoms. The number of hydrogen-bond acceptors (Lipinski definition) is 6. The third kappa shape index (κ3) is 4.48. The van der Waals surface area contributed by atoms with Gasteiger partial charge in [-0.05, 0) is 31.4 Å². The lowest BCUT2D eigenvalue weighted by molar-refractivity contribution is -0.137. The first kappa shape index (κ1) is 18.7. The fourth-order valence-electron chi connectivity index (χ4n) is 2.43. The van der Waals surface area contributed by atoms with Crippen LogP contribution in [0.4, 0.5) is 0 Å². The highest BCUT2D eigenvalue weighted by Gasteiger charge is 2.38. The number of nitriles is 1. The Balaban J connectivity index is 2.17. The lowest BCUT2D eigenvalue weighted by Gasteiger charge is -2.15. The molecular weight excluding hydrogens is 338 g/mol. The topological polar surface area (TPSA) is 83.3 Å². The van der Waals surface area contributed by atoms with Gasteiger partial charge in [-0.3, -0.25) is 9.78 Å². The Hall–Kier alpha value is -2.59. The molecule has 1 unspecified atom stereocenters. The first-order chi connectivity index (χ1) is 12.1. The molecular formula is C18H19N3O3S. The fourth-order valence-corrected chi connectivity index (χ4v) is 3.76. The van der Waals surface area contributed by atoms with Crippen LogP contribution in [0.25, 0.3) is 0 Å². The number of carbonyl (C=O) groups is 2. The lowest BCUT2D eigenvalue weighted by Crippen LogP contribution is -2.29. The number of carbonyl (C=O) groups excluding carboxylic acids is 2. The maximum Gasteiger partial charge on any atom is 0.351 e. The minimum atomic E-state index is -0.732. The van der Waals surface area contributed by atoms with Crippen LogP contribution in [-0.2, 0) is 20.7 Å². The van der Waals surface area contributed by atoms with E-state index >= 15 is 0 Å². The third-order valence-corrected chi connectivity index (χ3v) is 5.01. The highest BCUT2D eigenvalue weighted by atomic mass is 32.2. The van der Waals surface area contributed by atoms with Gasteiger partial charge in [-0.15, -0.1) is 0 Å². The van der Waals surface area contributed by atoms with E-state index in [4.69, 9.17) is 4.74 Å². The summed E-state index contributed by atoms with van der Waals surface area (Å²) in [5.41, 5.74) is 0.910. The Morgan fingerprint density at radius 3 is 3.00 bits per heavy atom. The predicted molar refractivity (Wildman–Crippen MR) is 95.1 cm³/mol. The molecule has 1 aliphatic heterocycles. The van der Waals surface area contributed by atoms with Gasteiger partial charge in [-0.1, -0.05) is 30.5 Å². The summed E-state index contributed by atoms with van der Waals surface area (Å²) in [5, 5.41) is 9.40. The number of amides is 1. The molecule has 0 aliphatic carbocycles. The number of ether oxygens (including phenoxy) is 1. The molecule has 2 rings (SSSR count). The number of pyridine rings is 1. The van der Waals surface area contributed by atoms with E-state index in [0.717, 1.165) is 5.56 Å². The Labute approximate surface area is 151 Å². The summed E-state index contributed by atoms with van der Waals surface area (Å²) in [6, 6.07) is 5.69. The predicted octanol–water partition coefficient (Wildman–Crippen LogP) is 2.44. The largest absolute Gasteiger partial charge is 0.457 e. The summed E-state index contributed by atoms with van der Waals surface area (Å²) in [5.74, 6) is -0.820.